The van der Waals surface area contributed by atoms with Crippen LogP contribution in [-0.4, -0.2) is 46.7 Å². The molecule has 2 heterocycles. The van der Waals surface area contributed by atoms with Crippen molar-refractivity contribution < 1.29 is 13.2 Å². The molecule has 4 rings (SSSR count). The summed E-state index contributed by atoms with van der Waals surface area (Å²) >= 11 is 1.44. The zero-order chi connectivity index (χ0) is 19.7. The Morgan fingerprint density at radius 1 is 1.25 bits per heavy atom. The Morgan fingerprint density at radius 3 is 2.71 bits per heavy atom. The minimum absolute atomic E-state index is 0.0447. The van der Waals surface area contributed by atoms with Gasteiger partial charge in [0.15, 0.2) is 15.0 Å². The Kier molecular flexibility index (Phi) is 5.51. The normalized spacial score (nSPS) is 21.8. The highest BCUT2D eigenvalue weighted by Crippen LogP contribution is 2.32. The Bertz CT molecular complexity index is 970. The number of carbonyl (C=O) groups excluding carboxylic acids is 1. The summed E-state index contributed by atoms with van der Waals surface area (Å²) in [5.41, 5.74) is 3.44. The fraction of sp³-hybridized carbons (Fsp3) is 0.500. The molecular weight excluding hydrogens is 394 g/mol. The number of sulfone groups is 1. The fourth-order valence-electron chi connectivity index (χ4n) is 3.88. The Balaban J connectivity index is 1.54. The number of hydrogen-bond acceptors (Lipinski definition) is 5. The second-order valence-electron chi connectivity index (χ2n) is 7.53. The summed E-state index contributed by atoms with van der Waals surface area (Å²) in [5.74, 6) is 0.0703. The lowest BCUT2D eigenvalue weighted by Crippen LogP contribution is -2.40. The van der Waals surface area contributed by atoms with Crippen LogP contribution in [0, 0.1) is 0 Å². The van der Waals surface area contributed by atoms with Crippen LogP contribution in [-0.2, 0) is 27.5 Å². The molecule has 1 aromatic heterocycles. The Morgan fingerprint density at radius 2 is 2.00 bits per heavy atom. The van der Waals surface area contributed by atoms with Gasteiger partial charge >= 0.3 is 0 Å². The Labute approximate surface area is 170 Å². The number of amides is 1. The third-order valence-corrected chi connectivity index (χ3v) is 8.17. The van der Waals surface area contributed by atoms with Gasteiger partial charge in [-0.25, -0.2) is 13.4 Å². The van der Waals surface area contributed by atoms with Crippen LogP contribution in [0.15, 0.2) is 35.5 Å². The summed E-state index contributed by atoms with van der Waals surface area (Å²) < 4.78 is 25.4. The number of aromatic nitrogens is 2. The zero-order valence-corrected chi connectivity index (χ0v) is 17.6. The lowest BCUT2D eigenvalue weighted by Gasteiger charge is -2.17. The van der Waals surface area contributed by atoms with Gasteiger partial charge in [0.05, 0.1) is 22.4 Å². The number of thioether (sulfide) groups is 1. The van der Waals surface area contributed by atoms with Crippen molar-refractivity contribution in [3.05, 3.63) is 41.7 Å². The van der Waals surface area contributed by atoms with Gasteiger partial charge in [-0.15, -0.1) is 0 Å². The van der Waals surface area contributed by atoms with Gasteiger partial charge < -0.3 is 5.32 Å². The highest BCUT2D eigenvalue weighted by Gasteiger charge is 2.31. The van der Waals surface area contributed by atoms with E-state index in [2.05, 4.69) is 22.0 Å². The molecule has 1 fully saturated rings. The molecule has 1 N–H and O–H groups in total. The zero-order valence-electron chi connectivity index (χ0n) is 15.9. The van der Waals surface area contributed by atoms with Gasteiger partial charge in [0.2, 0.25) is 5.91 Å². The summed E-state index contributed by atoms with van der Waals surface area (Å²) in [6.07, 6.45) is 4.77. The molecule has 2 unspecified atom stereocenters. The van der Waals surface area contributed by atoms with Gasteiger partial charge in [0.1, 0.15) is 0 Å². The third kappa shape index (κ3) is 4.12. The maximum absolute atomic E-state index is 12.6. The van der Waals surface area contributed by atoms with Gasteiger partial charge in [0.25, 0.3) is 0 Å². The molecule has 2 aliphatic rings. The van der Waals surface area contributed by atoms with Gasteiger partial charge in [-0.05, 0) is 51.2 Å². The predicted octanol–water partition coefficient (Wildman–Crippen LogP) is 2.54. The summed E-state index contributed by atoms with van der Waals surface area (Å²) in [4.78, 5) is 17.5. The number of benzene rings is 1. The number of fused-ring (bicyclic) bond motifs is 1. The number of nitrogens with zero attached hydrogens (tertiary/aromatic N) is 2. The SMILES string of the molecule is CC(Sc1nc2c(n1-c1ccccc1)CCCC2)C(=O)NC1CCS(=O)(=O)C1. The molecule has 28 heavy (non-hydrogen) atoms. The first kappa shape index (κ1) is 19.5. The number of carbonyl (C=O) groups is 1. The lowest BCUT2D eigenvalue weighted by molar-refractivity contribution is -0.120. The van der Waals surface area contributed by atoms with E-state index in [0.717, 1.165) is 42.2 Å². The summed E-state index contributed by atoms with van der Waals surface area (Å²) in [6.45, 7) is 1.85. The van der Waals surface area contributed by atoms with Crippen molar-refractivity contribution in [1.82, 2.24) is 14.9 Å². The number of rotatable bonds is 5. The van der Waals surface area contributed by atoms with Crippen LogP contribution in [0.5, 0.6) is 0 Å². The number of para-hydroxylation sites is 1. The molecule has 0 spiro atoms. The predicted molar refractivity (Wildman–Crippen MR) is 111 cm³/mol. The molecule has 1 aromatic carbocycles. The average Bonchev–Trinajstić information content (AvgIpc) is 3.21. The molecule has 1 saturated heterocycles. The molecule has 0 bridgehead atoms. The van der Waals surface area contributed by atoms with Crippen LogP contribution in [0.1, 0.15) is 37.6 Å². The summed E-state index contributed by atoms with van der Waals surface area (Å²) in [6, 6.07) is 9.86. The topological polar surface area (TPSA) is 81.1 Å². The molecule has 1 aliphatic carbocycles. The number of aryl methyl sites for hydroxylation is 1. The van der Waals surface area contributed by atoms with Crippen LogP contribution in [0.4, 0.5) is 0 Å². The fourth-order valence-corrected chi connectivity index (χ4v) is 6.53. The second-order valence-corrected chi connectivity index (χ2v) is 11.1. The molecule has 2 atom stereocenters. The molecule has 150 valence electrons. The smallest absolute Gasteiger partial charge is 0.233 e. The number of imidazole rings is 1. The molecule has 0 radical (unpaired) electrons. The third-order valence-electron chi connectivity index (χ3n) is 5.35. The Hall–Kier alpha value is -1.80. The minimum atomic E-state index is -3.01. The van der Waals surface area contributed by atoms with Gasteiger partial charge in [-0.2, -0.15) is 0 Å². The van der Waals surface area contributed by atoms with Crippen LogP contribution in [0.2, 0.25) is 0 Å². The molecule has 6 nitrogen and oxygen atoms in total. The van der Waals surface area contributed by atoms with Crippen molar-refractivity contribution in [1.29, 1.82) is 0 Å². The van der Waals surface area contributed by atoms with E-state index in [1.54, 1.807) is 0 Å². The van der Waals surface area contributed by atoms with Crippen molar-refractivity contribution >= 4 is 27.5 Å². The van der Waals surface area contributed by atoms with E-state index in [1.165, 1.54) is 17.5 Å². The summed E-state index contributed by atoms with van der Waals surface area (Å²) in [5, 5.41) is 3.38. The average molecular weight is 420 g/mol. The van der Waals surface area contributed by atoms with Gasteiger partial charge in [-0.3, -0.25) is 9.36 Å². The van der Waals surface area contributed by atoms with E-state index >= 15 is 0 Å². The van der Waals surface area contributed by atoms with Gasteiger partial charge in [-0.1, -0.05) is 30.0 Å². The molecule has 8 heteroatoms. The van der Waals surface area contributed by atoms with Gasteiger partial charge in [0, 0.05) is 17.4 Å². The maximum Gasteiger partial charge on any atom is 0.233 e. The van der Waals surface area contributed by atoms with E-state index in [1.807, 2.05) is 25.1 Å². The van der Waals surface area contributed by atoms with Crippen molar-refractivity contribution in [2.75, 3.05) is 11.5 Å². The van der Waals surface area contributed by atoms with Crippen molar-refractivity contribution in [3.63, 3.8) is 0 Å². The molecule has 1 amide bonds. The van der Waals surface area contributed by atoms with E-state index in [0.29, 0.717) is 6.42 Å². The van der Waals surface area contributed by atoms with Crippen molar-refractivity contribution in [2.45, 2.75) is 55.5 Å². The van der Waals surface area contributed by atoms with E-state index < -0.39 is 9.84 Å². The van der Waals surface area contributed by atoms with Crippen LogP contribution >= 0.6 is 11.8 Å². The lowest BCUT2D eigenvalue weighted by atomic mass is 10.0. The highest BCUT2D eigenvalue weighted by molar-refractivity contribution is 8.00. The van der Waals surface area contributed by atoms with Crippen LogP contribution in [0.3, 0.4) is 0 Å². The van der Waals surface area contributed by atoms with Crippen LogP contribution in [0.25, 0.3) is 5.69 Å². The van der Waals surface area contributed by atoms with E-state index in [-0.39, 0.29) is 28.7 Å². The summed E-state index contributed by atoms with van der Waals surface area (Å²) in [7, 11) is -3.01. The maximum atomic E-state index is 12.6. The van der Waals surface area contributed by atoms with Crippen LogP contribution < -0.4 is 5.32 Å². The molecule has 2 aromatic rings. The first-order valence-corrected chi connectivity index (χ1v) is 12.5. The molecule has 0 saturated carbocycles. The molecule has 1 aliphatic heterocycles. The van der Waals surface area contributed by atoms with E-state index in [4.69, 9.17) is 4.98 Å². The largest absolute Gasteiger partial charge is 0.351 e. The van der Waals surface area contributed by atoms with Crippen molar-refractivity contribution in [3.8, 4) is 5.69 Å². The molecular formula is C20H25N3O3S2. The first-order valence-electron chi connectivity index (χ1n) is 9.76. The standard InChI is InChI=1S/C20H25N3O3S2/c1-14(19(24)21-15-11-12-28(25,26)13-15)27-20-22-17-9-5-6-10-18(17)23(20)16-7-3-2-4-8-16/h2-4,7-8,14-15H,5-6,9-13H2,1H3,(H,21,24). The minimum Gasteiger partial charge on any atom is -0.351 e. The first-order chi connectivity index (χ1) is 13.4. The second kappa shape index (κ2) is 7.91. The highest BCUT2D eigenvalue weighted by atomic mass is 32.2. The quantitative estimate of drug-likeness (QED) is 0.754. The number of hydrogen-bond donors (Lipinski definition) is 1. The van der Waals surface area contributed by atoms with Crippen molar-refractivity contribution in [2.24, 2.45) is 0 Å². The number of nitrogens with one attached hydrogen (secondary N) is 1. The van der Waals surface area contributed by atoms with E-state index in [9.17, 15) is 13.2 Å². The monoisotopic (exact) mass is 419 g/mol.